The molecule has 0 amide bonds. The molecular formula is C48H30N2O. The van der Waals surface area contributed by atoms with Gasteiger partial charge >= 0.3 is 0 Å². The summed E-state index contributed by atoms with van der Waals surface area (Å²) in [4.78, 5) is 10.1. The summed E-state index contributed by atoms with van der Waals surface area (Å²) in [7, 11) is 0. The minimum absolute atomic E-state index is 0.702. The van der Waals surface area contributed by atoms with Crippen LogP contribution in [0.2, 0.25) is 0 Å². The maximum Gasteiger partial charge on any atom is 0.160 e. The summed E-state index contributed by atoms with van der Waals surface area (Å²) in [6.45, 7) is 0. The van der Waals surface area contributed by atoms with Crippen molar-refractivity contribution in [2.75, 3.05) is 0 Å². The van der Waals surface area contributed by atoms with Gasteiger partial charge in [-0.05, 0) is 62.7 Å². The zero-order chi connectivity index (χ0) is 33.7. The molecule has 0 aliphatic carbocycles. The Bertz CT molecular complexity index is 2850. The first-order chi connectivity index (χ1) is 25.3. The predicted molar refractivity (Wildman–Crippen MR) is 212 cm³/mol. The van der Waals surface area contributed by atoms with Crippen LogP contribution >= 0.6 is 0 Å². The Kier molecular flexibility index (Phi) is 6.81. The van der Waals surface area contributed by atoms with Crippen LogP contribution in [0.4, 0.5) is 0 Å². The monoisotopic (exact) mass is 650 g/mol. The van der Waals surface area contributed by atoms with E-state index >= 15 is 0 Å². The Morgan fingerprint density at radius 1 is 0.353 bits per heavy atom. The Morgan fingerprint density at radius 3 is 1.76 bits per heavy atom. The SMILES string of the molecule is c1ccc(-c2cc(-c3cccc(-c4cccc5oc6c7ccccc7c(-c7cccc8ccccc78)cc6c45)c3)nc(-c3ccccc3)n2)cc1. The van der Waals surface area contributed by atoms with Crippen molar-refractivity contribution in [3.8, 4) is 56.2 Å². The minimum Gasteiger partial charge on any atom is -0.455 e. The largest absolute Gasteiger partial charge is 0.455 e. The topological polar surface area (TPSA) is 38.9 Å². The van der Waals surface area contributed by atoms with Crippen LogP contribution in [0.3, 0.4) is 0 Å². The van der Waals surface area contributed by atoms with Crippen molar-refractivity contribution in [2.24, 2.45) is 0 Å². The molecule has 0 saturated heterocycles. The van der Waals surface area contributed by atoms with Crippen molar-refractivity contribution in [1.82, 2.24) is 9.97 Å². The lowest BCUT2D eigenvalue weighted by molar-refractivity contribution is 0.673. The summed E-state index contributed by atoms with van der Waals surface area (Å²) in [6, 6.07) is 63.8. The normalized spacial score (nSPS) is 11.5. The fourth-order valence-electron chi connectivity index (χ4n) is 7.49. The summed E-state index contributed by atoms with van der Waals surface area (Å²) in [5.74, 6) is 0.702. The molecule has 0 aliphatic heterocycles. The van der Waals surface area contributed by atoms with E-state index in [9.17, 15) is 0 Å². The molecule has 0 unspecified atom stereocenters. The van der Waals surface area contributed by atoms with Crippen molar-refractivity contribution >= 4 is 43.5 Å². The lowest BCUT2D eigenvalue weighted by Gasteiger charge is -2.12. The van der Waals surface area contributed by atoms with Crippen LogP contribution < -0.4 is 0 Å². The van der Waals surface area contributed by atoms with E-state index in [-0.39, 0.29) is 0 Å². The van der Waals surface area contributed by atoms with E-state index in [1.807, 2.05) is 36.4 Å². The first kappa shape index (κ1) is 29.1. The zero-order valence-corrected chi connectivity index (χ0v) is 27.6. The second-order valence-corrected chi connectivity index (χ2v) is 12.9. The molecule has 10 rings (SSSR count). The molecule has 10 aromatic rings. The van der Waals surface area contributed by atoms with Crippen LogP contribution in [0.25, 0.3) is 99.6 Å². The van der Waals surface area contributed by atoms with Crippen molar-refractivity contribution in [3.63, 3.8) is 0 Å². The van der Waals surface area contributed by atoms with Crippen molar-refractivity contribution in [3.05, 3.63) is 182 Å². The highest BCUT2D eigenvalue weighted by Crippen LogP contribution is 2.44. The van der Waals surface area contributed by atoms with E-state index < -0.39 is 0 Å². The number of nitrogens with zero attached hydrogens (tertiary/aromatic N) is 2. The molecule has 0 radical (unpaired) electrons. The maximum absolute atomic E-state index is 6.73. The number of rotatable bonds is 5. The molecule has 3 heteroatoms. The average Bonchev–Trinajstić information content (AvgIpc) is 3.60. The molecule has 0 saturated carbocycles. The standard InChI is InChI=1S/C48H30N2O/c1-3-15-32(16-4-1)43-30-44(50-48(49-43)33-17-5-2-6-18-33)35-21-11-20-34(28-35)37-25-13-27-45-46(37)42-29-41(39-23-9-10-24-40(39)47(42)51-45)38-26-12-19-31-14-7-8-22-36(31)38/h1-30H. The fourth-order valence-corrected chi connectivity index (χ4v) is 7.49. The van der Waals surface area contributed by atoms with E-state index in [0.717, 1.165) is 66.5 Å². The van der Waals surface area contributed by atoms with Gasteiger partial charge in [-0.2, -0.15) is 0 Å². The second kappa shape index (κ2) is 11.9. The molecule has 2 aromatic heterocycles. The van der Waals surface area contributed by atoms with Gasteiger partial charge in [-0.25, -0.2) is 9.97 Å². The van der Waals surface area contributed by atoms with Gasteiger partial charge < -0.3 is 4.42 Å². The summed E-state index contributed by atoms with van der Waals surface area (Å²) in [5, 5.41) is 6.96. The van der Waals surface area contributed by atoms with E-state index in [1.165, 1.54) is 27.3 Å². The fraction of sp³-hybridized carbons (Fsp3) is 0. The molecular weight excluding hydrogens is 621 g/mol. The molecule has 2 heterocycles. The Labute approximate surface area is 295 Å². The number of furan rings is 1. The lowest BCUT2D eigenvalue weighted by Crippen LogP contribution is -1.96. The molecule has 238 valence electrons. The summed E-state index contributed by atoms with van der Waals surface area (Å²) in [5.41, 5.74) is 11.2. The minimum atomic E-state index is 0.702. The lowest BCUT2D eigenvalue weighted by atomic mass is 9.91. The number of hydrogen-bond donors (Lipinski definition) is 0. The van der Waals surface area contributed by atoms with Crippen LogP contribution in [-0.4, -0.2) is 9.97 Å². The van der Waals surface area contributed by atoms with Gasteiger partial charge in [-0.15, -0.1) is 0 Å². The van der Waals surface area contributed by atoms with Crippen molar-refractivity contribution in [2.45, 2.75) is 0 Å². The van der Waals surface area contributed by atoms with Crippen molar-refractivity contribution in [1.29, 1.82) is 0 Å². The summed E-state index contributed by atoms with van der Waals surface area (Å²) in [6.07, 6.45) is 0. The van der Waals surface area contributed by atoms with E-state index in [0.29, 0.717) is 5.82 Å². The van der Waals surface area contributed by atoms with Crippen LogP contribution in [-0.2, 0) is 0 Å². The van der Waals surface area contributed by atoms with Crippen LogP contribution in [0.15, 0.2) is 186 Å². The smallest absolute Gasteiger partial charge is 0.160 e. The molecule has 3 nitrogen and oxygen atoms in total. The molecule has 0 bridgehead atoms. The number of benzene rings is 8. The number of aromatic nitrogens is 2. The van der Waals surface area contributed by atoms with Gasteiger partial charge in [-0.1, -0.05) is 158 Å². The second-order valence-electron chi connectivity index (χ2n) is 12.9. The molecule has 0 atom stereocenters. The van der Waals surface area contributed by atoms with Gasteiger partial charge in [0.15, 0.2) is 5.82 Å². The quantitative estimate of drug-likeness (QED) is 0.186. The average molecular weight is 651 g/mol. The third-order valence-electron chi connectivity index (χ3n) is 9.88. The first-order valence-corrected chi connectivity index (χ1v) is 17.2. The van der Waals surface area contributed by atoms with Crippen LogP contribution in [0.5, 0.6) is 0 Å². The van der Waals surface area contributed by atoms with Gasteiger partial charge in [0.1, 0.15) is 11.2 Å². The Morgan fingerprint density at radius 2 is 0.941 bits per heavy atom. The third kappa shape index (κ3) is 4.98. The molecule has 51 heavy (non-hydrogen) atoms. The molecule has 0 N–H and O–H groups in total. The maximum atomic E-state index is 6.73. The highest BCUT2D eigenvalue weighted by Gasteiger charge is 2.19. The first-order valence-electron chi connectivity index (χ1n) is 17.2. The third-order valence-corrected chi connectivity index (χ3v) is 9.88. The Balaban J connectivity index is 1.19. The summed E-state index contributed by atoms with van der Waals surface area (Å²) >= 11 is 0. The van der Waals surface area contributed by atoms with Crippen LogP contribution in [0.1, 0.15) is 0 Å². The van der Waals surface area contributed by atoms with Gasteiger partial charge in [0.25, 0.3) is 0 Å². The highest BCUT2D eigenvalue weighted by atomic mass is 16.3. The van der Waals surface area contributed by atoms with Gasteiger partial charge in [0.2, 0.25) is 0 Å². The van der Waals surface area contributed by atoms with E-state index in [4.69, 9.17) is 14.4 Å². The zero-order valence-electron chi connectivity index (χ0n) is 27.6. The van der Waals surface area contributed by atoms with Gasteiger partial charge in [0.05, 0.1) is 11.4 Å². The van der Waals surface area contributed by atoms with Gasteiger partial charge in [0, 0.05) is 32.8 Å². The number of fused-ring (bicyclic) bond motifs is 6. The molecule has 8 aromatic carbocycles. The summed E-state index contributed by atoms with van der Waals surface area (Å²) < 4.78 is 6.73. The number of hydrogen-bond acceptors (Lipinski definition) is 3. The Hall–Kier alpha value is -6.84. The predicted octanol–water partition coefficient (Wildman–Crippen LogP) is 13.0. The highest BCUT2D eigenvalue weighted by molar-refractivity contribution is 6.23. The molecule has 0 aliphatic rings. The van der Waals surface area contributed by atoms with Crippen molar-refractivity contribution < 1.29 is 4.42 Å². The van der Waals surface area contributed by atoms with E-state index in [2.05, 4.69) is 146 Å². The molecule has 0 spiro atoms. The van der Waals surface area contributed by atoms with Gasteiger partial charge in [-0.3, -0.25) is 0 Å². The van der Waals surface area contributed by atoms with Crippen LogP contribution in [0, 0.1) is 0 Å². The molecule has 0 fully saturated rings. The van der Waals surface area contributed by atoms with E-state index in [1.54, 1.807) is 0 Å².